The van der Waals surface area contributed by atoms with E-state index in [0.717, 1.165) is 0 Å². The molecule has 0 saturated heterocycles. The lowest BCUT2D eigenvalue weighted by atomic mass is 10.1. The van der Waals surface area contributed by atoms with E-state index < -0.39 is 6.61 Å². The van der Waals surface area contributed by atoms with Crippen LogP contribution in [0.5, 0.6) is 5.75 Å². The van der Waals surface area contributed by atoms with Crippen molar-refractivity contribution in [2.24, 2.45) is 0 Å². The van der Waals surface area contributed by atoms with Crippen LogP contribution in [0.25, 0.3) is 11.1 Å². The predicted octanol–water partition coefficient (Wildman–Crippen LogP) is 5.92. The van der Waals surface area contributed by atoms with E-state index in [4.69, 9.17) is 34.8 Å². The summed E-state index contributed by atoms with van der Waals surface area (Å²) >= 11 is 17.8. The number of rotatable bonds is 3. The molecule has 0 atom stereocenters. The van der Waals surface area contributed by atoms with Gasteiger partial charge in [-0.2, -0.15) is 8.78 Å². The molecule has 0 aromatic heterocycles. The van der Waals surface area contributed by atoms with Crippen LogP contribution in [0.15, 0.2) is 36.4 Å². The van der Waals surface area contributed by atoms with Gasteiger partial charge in [0, 0.05) is 15.6 Å². The molecule has 0 spiro atoms. The first kappa shape index (κ1) is 14.4. The average Bonchev–Trinajstić information content (AvgIpc) is 2.34. The largest absolute Gasteiger partial charge is 0.433 e. The van der Waals surface area contributed by atoms with Crippen molar-refractivity contribution in [3.8, 4) is 16.9 Å². The summed E-state index contributed by atoms with van der Waals surface area (Å²) in [6.07, 6.45) is 0. The van der Waals surface area contributed by atoms with E-state index in [1.165, 1.54) is 12.1 Å². The maximum Gasteiger partial charge on any atom is 0.387 e. The van der Waals surface area contributed by atoms with E-state index in [-0.39, 0.29) is 10.8 Å². The maximum absolute atomic E-state index is 12.1. The molecule has 0 aliphatic rings. The zero-order chi connectivity index (χ0) is 14.0. The van der Waals surface area contributed by atoms with Crippen LogP contribution in [-0.4, -0.2) is 6.61 Å². The molecule has 0 saturated carbocycles. The Morgan fingerprint density at radius 3 is 2.26 bits per heavy atom. The second-order valence-electron chi connectivity index (χ2n) is 3.65. The number of ether oxygens (including phenoxy) is 1. The zero-order valence-corrected chi connectivity index (χ0v) is 11.6. The van der Waals surface area contributed by atoms with Gasteiger partial charge in [-0.15, -0.1) is 0 Å². The van der Waals surface area contributed by atoms with Gasteiger partial charge in [0.25, 0.3) is 0 Å². The summed E-state index contributed by atoms with van der Waals surface area (Å²) in [5, 5.41) is 1.08. The topological polar surface area (TPSA) is 9.23 Å². The number of benzene rings is 2. The molecule has 2 aromatic carbocycles. The Morgan fingerprint density at radius 2 is 1.63 bits per heavy atom. The Labute approximate surface area is 123 Å². The molecule has 1 nitrogen and oxygen atoms in total. The molecule has 19 heavy (non-hydrogen) atoms. The van der Waals surface area contributed by atoms with Crippen molar-refractivity contribution in [3.05, 3.63) is 51.5 Å². The summed E-state index contributed by atoms with van der Waals surface area (Å²) in [6.45, 7) is -2.92. The highest BCUT2D eigenvalue weighted by molar-refractivity contribution is 6.35. The van der Waals surface area contributed by atoms with Crippen molar-refractivity contribution in [2.45, 2.75) is 6.61 Å². The van der Waals surface area contributed by atoms with E-state index in [0.29, 0.717) is 21.2 Å². The van der Waals surface area contributed by atoms with Gasteiger partial charge in [0.05, 0.1) is 5.02 Å². The van der Waals surface area contributed by atoms with Crippen LogP contribution < -0.4 is 4.74 Å². The number of hydrogen-bond donors (Lipinski definition) is 0. The molecule has 0 aliphatic carbocycles. The van der Waals surface area contributed by atoms with Crippen LogP contribution in [-0.2, 0) is 0 Å². The summed E-state index contributed by atoms with van der Waals surface area (Å²) in [5.41, 5.74) is 1.33. The summed E-state index contributed by atoms with van der Waals surface area (Å²) in [6, 6.07) is 9.42. The Kier molecular flexibility index (Phi) is 4.50. The highest BCUT2D eigenvalue weighted by Gasteiger charge is 2.11. The normalized spacial score (nSPS) is 10.8. The second-order valence-corrected chi connectivity index (χ2v) is 4.90. The van der Waals surface area contributed by atoms with Gasteiger partial charge in [0.15, 0.2) is 0 Å². The van der Waals surface area contributed by atoms with Crippen LogP contribution in [0.1, 0.15) is 0 Å². The van der Waals surface area contributed by atoms with Crippen LogP contribution >= 0.6 is 34.8 Å². The molecule has 0 aliphatic heterocycles. The monoisotopic (exact) mass is 322 g/mol. The van der Waals surface area contributed by atoms with Crippen molar-refractivity contribution >= 4 is 34.8 Å². The van der Waals surface area contributed by atoms with E-state index >= 15 is 0 Å². The standard InChI is InChI=1S/C13H7Cl3F2O/c14-8-2-3-10(15)9(6-8)7-1-4-12(11(16)5-7)19-13(17)18/h1-6,13H. The van der Waals surface area contributed by atoms with Crippen molar-refractivity contribution < 1.29 is 13.5 Å². The van der Waals surface area contributed by atoms with Crippen LogP contribution in [0.4, 0.5) is 8.78 Å². The third-order valence-corrected chi connectivity index (χ3v) is 3.25. The number of halogens is 5. The highest BCUT2D eigenvalue weighted by Crippen LogP contribution is 2.35. The fraction of sp³-hybridized carbons (Fsp3) is 0.0769. The first-order chi connectivity index (χ1) is 8.97. The van der Waals surface area contributed by atoms with Gasteiger partial charge in [-0.25, -0.2) is 0 Å². The van der Waals surface area contributed by atoms with E-state index in [1.54, 1.807) is 24.3 Å². The molecule has 0 fully saturated rings. The lowest BCUT2D eigenvalue weighted by Gasteiger charge is -2.10. The minimum Gasteiger partial charge on any atom is -0.433 e. The Bertz CT molecular complexity index is 602. The first-order valence-corrected chi connectivity index (χ1v) is 6.30. The molecule has 0 unspecified atom stereocenters. The zero-order valence-electron chi connectivity index (χ0n) is 9.34. The Hall–Kier alpha value is -1.03. The van der Waals surface area contributed by atoms with Gasteiger partial charge in [0.2, 0.25) is 0 Å². The lowest BCUT2D eigenvalue weighted by Crippen LogP contribution is -2.02. The first-order valence-electron chi connectivity index (χ1n) is 5.17. The van der Waals surface area contributed by atoms with Crippen LogP contribution in [0, 0.1) is 0 Å². The lowest BCUT2D eigenvalue weighted by molar-refractivity contribution is -0.0497. The number of hydrogen-bond acceptors (Lipinski definition) is 1. The van der Waals surface area contributed by atoms with Crippen molar-refractivity contribution in [1.29, 1.82) is 0 Å². The summed E-state index contributed by atoms with van der Waals surface area (Å²) in [5.74, 6) is -0.0847. The van der Waals surface area contributed by atoms with E-state index in [2.05, 4.69) is 4.74 Å². The van der Waals surface area contributed by atoms with Gasteiger partial charge in [-0.3, -0.25) is 0 Å². The average molecular weight is 324 g/mol. The van der Waals surface area contributed by atoms with Crippen LogP contribution in [0.3, 0.4) is 0 Å². The molecule has 0 radical (unpaired) electrons. The third-order valence-electron chi connectivity index (χ3n) is 2.39. The SMILES string of the molecule is FC(F)Oc1ccc(-c2cc(Cl)ccc2Cl)cc1Cl. The fourth-order valence-electron chi connectivity index (χ4n) is 1.58. The highest BCUT2D eigenvalue weighted by atomic mass is 35.5. The molecular weight excluding hydrogens is 316 g/mol. The van der Waals surface area contributed by atoms with Gasteiger partial charge in [-0.05, 0) is 35.9 Å². The summed E-state index contributed by atoms with van der Waals surface area (Å²) < 4.78 is 28.5. The quantitative estimate of drug-likeness (QED) is 0.681. The van der Waals surface area contributed by atoms with Crippen molar-refractivity contribution in [3.63, 3.8) is 0 Å². The minimum atomic E-state index is -2.92. The fourth-order valence-corrected chi connectivity index (χ4v) is 2.20. The van der Waals surface area contributed by atoms with Gasteiger partial charge < -0.3 is 4.74 Å². The van der Waals surface area contributed by atoms with Gasteiger partial charge >= 0.3 is 6.61 Å². The summed E-state index contributed by atoms with van der Waals surface area (Å²) in [7, 11) is 0. The third kappa shape index (κ3) is 3.50. The van der Waals surface area contributed by atoms with Crippen molar-refractivity contribution in [2.75, 3.05) is 0 Å². The Morgan fingerprint density at radius 1 is 0.895 bits per heavy atom. The second kappa shape index (κ2) is 5.95. The van der Waals surface area contributed by atoms with Crippen molar-refractivity contribution in [1.82, 2.24) is 0 Å². The molecular formula is C13H7Cl3F2O. The maximum atomic E-state index is 12.1. The number of alkyl halides is 2. The van der Waals surface area contributed by atoms with Crippen LogP contribution in [0.2, 0.25) is 15.1 Å². The molecule has 100 valence electrons. The minimum absolute atomic E-state index is 0.0776. The van der Waals surface area contributed by atoms with E-state index in [1.807, 2.05) is 0 Å². The molecule has 2 rings (SSSR count). The molecule has 0 N–H and O–H groups in total. The molecule has 6 heteroatoms. The molecule has 0 amide bonds. The summed E-state index contributed by atoms with van der Waals surface area (Å²) in [4.78, 5) is 0. The molecule has 0 heterocycles. The van der Waals surface area contributed by atoms with Gasteiger partial charge in [-0.1, -0.05) is 40.9 Å². The van der Waals surface area contributed by atoms with E-state index in [9.17, 15) is 8.78 Å². The smallest absolute Gasteiger partial charge is 0.387 e. The molecule has 0 bridgehead atoms. The van der Waals surface area contributed by atoms with Gasteiger partial charge in [0.1, 0.15) is 5.75 Å². The predicted molar refractivity (Wildman–Crippen MR) is 73.5 cm³/mol. The molecule has 2 aromatic rings. The Balaban J connectivity index is 2.41.